The summed E-state index contributed by atoms with van der Waals surface area (Å²) in [7, 11) is 1.45. The molecular formula is C19H17FN2O3. The number of ether oxygens (including phenoxy) is 1. The Morgan fingerprint density at radius 1 is 1.16 bits per heavy atom. The number of aromatic amines is 1. The number of nitrogens with one attached hydrogen (secondary N) is 2. The first-order chi connectivity index (χ1) is 12.0. The zero-order chi connectivity index (χ0) is 18.0. The summed E-state index contributed by atoms with van der Waals surface area (Å²) < 4.78 is 19.3. The van der Waals surface area contributed by atoms with Crippen molar-refractivity contribution in [3.05, 3.63) is 76.0 Å². The van der Waals surface area contributed by atoms with Crippen LogP contribution < -0.4 is 15.6 Å². The fraction of sp³-hybridized carbons (Fsp3) is 0.158. The molecule has 0 radical (unpaired) electrons. The van der Waals surface area contributed by atoms with E-state index in [4.69, 9.17) is 4.74 Å². The van der Waals surface area contributed by atoms with Crippen molar-refractivity contribution >= 4 is 16.7 Å². The second-order valence-electron chi connectivity index (χ2n) is 5.63. The van der Waals surface area contributed by atoms with Crippen LogP contribution in [0.2, 0.25) is 0 Å². The van der Waals surface area contributed by atoms with Gasteiger partial charge in [0.25, 0.3) is 11.5 Å². The van der Waals surface area contributed by atoms with Gasteiger partial charge < -0.3 is 15.0 Å². The highest BCUT2D eigenvalue weighted by molar-refractivity contribution is 6.06. The lowest BCUT2D eigenvalue weighted by Gasteiger charge is -2.18. The molecule has 0 fully saturated rings. The number of carbonyl (C=O) groups excluding carboxylic acids is 1. The zero-order valence-corrected chi connectivity index (χ0v) is 13.8. The van der Waals surface area contributed by atoms with Gasteiger partial charge >= 0.3 is 0 Å². The second kappa shape index (κ2) is 6.76. The molecule has 128 valence electrons. The zero-order valence-electron chi connectivity index (χ0n) is 13.8. The number of methoxy groups -OCH3 is 1. The molecule has 25 heavy (non-hydrogen) atoms. The van der Waals surface area contributed by atoms with E-state index in [1.54, 1.807) is 43.3 Å². The molecule has 0 saturated heterocycles. The van der Waals surface area contributed by atoms with E-state index in [1.165, 1.54) is 19.4 Å². The standard InChI is InChI=1S/C19H17FN2O3/c1-11(17-15(20)8-5-9-16(17)25-2)22-19(24)14-10-21-18(23)13-7-4-3-6-12(13)14/h3-11H,1-2H3,(H,21,23)(H,22,24). The maximum atomic E-state index is 14.2. The van der Waals surface area contributed by atoms with Crippen molar-refractivity contribution in [3.8, 4) is 5.75 Å². The number of rotatable bonds is 4. The predicted octanol–water partition coefficient (Wildman–Crippen LogP) is 3.17. The van der Waals surface area contributed by atoms with Crippen LogP contribution in [0.4, 0.5) is 4.39 Å². The highest BCUT2D eigenvalue weighted by Gasteiger charge is 2.20. The molecule has 2 N–H and O–H groups in total. The maximum Gasteiger partial charge on any atom is 0.255 e. The van der Waals surface area contributed by atoms with Gasteiger partial charge in [-0.1, -0.05) is 24.3 Å². The minimum atomic E-state index is -0.616. The Bertz CT molecular complexity index is 997. The van der Waals surface area contributed by atoms with Crippen LogP contribution in [0.15, 0.2) is 53.5 Å². The Labute approximate surface area is 143 Å². The Morgan fingerprint density at radius 2 is 1.88 bits per heavy atom. The normalized spacial score (nSPS) is 12.0. The van der Waals surface area contributed by atoms with E-state index < -0.39 is 17.8 Å². The summed E-state index contributed by atoms with van der Waals surface area (Å²) in [6.45, 7) is 1.67. The highest BCUT2D eigenvalue weighted by Crippen LogP contribution is 2.28. The lowest BCUT2D eigenvalue weighted by molar-refractivity contribution is 0.0940. The molecule has 1 aromatic heterocycles. The number of H-pyrrole nitrogens is 1. The van der Waals surface area contributed by atoms with Gasteiger partial charge in [-0.05, 0) is 25.1 Å². The summed E-state index contributed by atoms with van der Waals surface area (Å²) >= 11 is 0. The van der Waals surface area contributed by atoms with Crippen molar-refractivity contribution < 1.29 is 13.9 Å². The van der Waals surface area contributed by atoms with Crippen LogP contribution in [-0.2, 0) is 0 Å². The van der Waals surface area contributed by atoms with Gasteiger partial charge in [0.2, 0.25) is 0 Å². The van der Waals surface area contributed by atoms with Gasteiger partial charge in [0.1, 0.15) is 11.6 Å². The first-order valence-corrected chi connectivity index (χ1v) is 7.76. The molecule has 1 heterocycles. The van der Waals surface area contributed by atoms with E-state index in [9.17, 15) is 14.0 Å². The average Bonchev–Trinajstić information content (AvgIpc) is 2.61. The van der Waals surface area contributed by atoms with Crippen molar-refractivity contribution in [1.82, 2.24) is 10.3 Å². The Hall–Kier alpha value is -3.15. The number of halogens is 1. The molecule has 0 aliphatic carbocycles. The van der Waals surface area contributed by atoms with Crippen LogP contribution in [0.3, 0.4) is 0 Å². The third-order valence-electron chi connectivity index (χ3n) is 4.07. The van der Waals surface area contributed by atoms with Crippen molar-refractivity contribution in [2.24, 2.45) is 0 Å². The van der Waals surface area contributed by atoms with E-state index in [0.29, 0.717) is 22.1 Å². The molecule has 0 aliphatic rings. The van der Waals surface area contributed by atoms with Gasteiger partial charge in [-0.2, -0.15) is 0 Å². The molecule has 2 aromatic carbocycles. The first-order valence-electron chi connectivity index (χ1n) is 7.76. The van der Waals surface area contributed by atoms with Crippen LogP contribution in [-0.4, -0.2) is 18.0 Å². The quantitative estimate of drug-likeness (QED) is 0.766. The minimum absolute atomic E-state index is 0.268. The summed E-state index contributed by atoms with van der Waals surface area (Å²) in [5.74, 6) is -0.511. The predicted molar refractivity (Wildman–Crippen MR) is 93.4 cm³/mol. The molecule has 1 amide bonds. The van der Waals surface area contributed by atoms with Crippen LogP contribution in [0.1, 0.15) is 28.9 Å². The summed E-state index contributed by atoms with van der Waals surface area (Å²) in [5, 5.41) is 3.72. The monoisotopic (exact) mass is 340 g/mol. The Morgan fingerprint density at radius 3 is 2.60 bits per heavy atom. The summed E-state index contributed by atoms with van der Waals surface area (Å²) in [6.07, 6.45) is 1.37. The highest BCUT2D eigenvalue weighted by atomic mass is 19.1. The smallest absolute Gasteiger partial charge is 0.255 e. The SMILES string of the molecule is COc1cccc(F)c1C(C)NC(=O)c1c[nH]c(=O)c2ccccc12. The average molecular weight is 340 g/mol. The minimum Gasteiger partial charge on any atom is -0.496 e. The van der Waals surface area contributed by atoms with Gasteiger partial charge in [0, 0.05) is 17.0 Å². The molecule has 5 nitrogen and oxygen atoms in total. The van der Waals surface area contributed by atoms with Gasteiger partial charge in [0.15, 0.2) is 0 Å². The molecule has 0 spiro atoms. The molecule has 3 aromatic rings. The topological polar surface area (TPSA) is 71.2 Å². The third-order valence-corrected chi connectivity index (χ3v) is 4.07. The Kier molecular flexibility index (Phi) is 4.52. The van der Waals surface area contributed by atoms with Gasteiger partial charge in [-0.3, -0.25) is 9.59 Å². The fourth-order valence-electron chi connectivity index (χ4n) is 2.86. The van der Waals surface area contributed by atoms with Crippen LogP contribution in [0.5, 0.6) is 5.75 Å². The molecule has 0 saturated carbocycles. The molecule has 1 atom stereocenters. The largest absolute Gasteiger partial charge is 0.496 e. The number of aromatic nitrogens is 1. The van der Waals surface area contributed by atoms with Gasteiger partial charge in [-0.15, -0.1) is 0 Å². The van der Waals surface area contributed by atoms with Crippen molar-refractivity contribution in [1.29, 1.82) is 0 Å². The number of hydrogen-bond acceptors (Lipinski definition) is 3. The summed E-state index contributed by atoms with van der Waals surface area (Å²) in [4.78, 5) is 27.1. The van der Waals surface area contributed by atoms with E-state index in [1.807, 2.05) is 0 Å². The van der Waals surface area contributed by atoms with E-state index in [2.05, 4.69) is 10.3 Å². The second-order valence-corrected chi connectivity index (χ2v) is 5.63. The molecule has 0 bridgehead atoms. The molecule has 0 aliphatic heterocycles. The number of hydrogen-bond donors (Lipinski definition) is 2. The number of benzene rings is 2. The van der Waals surface area contributed by atoms with Crippen LogP contribution in [0, 0.1) is 5.82 Å². The van der Waals surface area contributed by atoms with Crippen LogP contribution >= 0.6 is 0 Å². The third kappa shape index (κ3) is 3.10. The first kappa shape index (κ1) is 16.7. The lowest BCUT2D eigenvalue weighted by Crippen LogP contribution is -2.28. The number of amides is 1. The maximum absolute atomic E-state index is 14.2. The van der Waals surface area contributed by atoms with Crippen LogP contribution in [0.25, 0.3) is 10.8 Å². The molecular weight excluding hydrogens is 323 g/mol. The Balaban J connectivity index is 1.96. The van der Waals surface area contributed by atoms with E-state index >= 15 is 0 Å². The molecule has 3 rings (SSSR count). The van der Waals surface area contributed by atoms with Crippen molar-refractivity contribution in [3.63, 3.8) is 0 Å². The molecule has 1 unspecified atom stereocenters. The lowest BCUT2D eigenvalue weighted by atomic mass is 10.0. The molecule has 6 heteroatoms. The van der Waals surface area contributed by atoms with Gasteiger partial charge in [-0.25, -0.2) is 4.39 Å². The summed E-state index contributed by atoms with van der Waals surface area (Å²) in [5.41, 5.74) is 0.320. The van der Waals surface area contributed by atoms with Gasteiger partial charge in [0.05, 0.1) is 24.3 Å². The number of pyridine rings is 1. The number of fused-ring (bicyclic) bond motifs is 1. The van der Waals surface area contributed by atoms with Crippen molar-refractivity contribution in [2.75, 3.05) is 7.11 Å². The van der Waals surface area contributed by atoms with E-state index in [-0.39, 0.29) is 11.1 Å². The van der Waals surface area contributed by atoms with Crippen molar-refractivity contribution in [2.45, 2.75) is 13.0 Å². The summed E-state index contributed by atoms with van der Waals surface area (Å²) in [6, 6.07) is 10.7. The fourth-order valence-corrected chi connectivity index (χ4v) is 2.86. The number of carbonyl (C=O) groups is 1. The van der Waals surface area contributed by atoms with E-state index in [0.717, 1.165) is 0 Å².